The topological polar surface area (TPSA) is 45.2 Å². The Labute approximate surface area is 155 Å². The summed E-state index contributed by atoms with van der Waals surface area (Å²) in [5.74, 6) is 0.506. The molecule has 4 nitrogen and oxygen atoms in total. The van der Waals surface area contributed by atoms with Crippen molar-refractivity contribution in [3.8, 4) is 0 Å². The van der Waals surface area contributed by atoms with Gasteiger partial charge in [0.15, 0.2) is 0 Å². The van der Waals surface area contributed by atoms with E-state index in [-0.39, 0.29) is 11.3 Å². The van der Waals surface area contributed by atoms with Crippen LogP contribution in [-0.2, 0) is 16.8 Å². The molecule has 2 aromatic rings. The maximum atomic E-state index is 12.0. The number of carbonyl (C=O) groups is 1. The third-order valence-electron chi connectivity index (χ3n) is 6.26. The molecule has 1 fully saturated rings. The van der Waals surface area contributed by atoms with Crippen LogP contribution in [0.1, 0.15) is 48.3 Å². The van der Waals surface area contributed by atoms with Gasteiger partial charge >= 0.3 is 0 Å². The number of pyridine rings is 1. The Kier molecular flexibility index (Phi) is 4.77. The number of aromatic nitrogens is 1. The smallest absolute Gasteiger partial charge is 0.220 e. The lowest BCUT2D eigenvalue weighted by Gasteiger charge is -2.40. The zero-order chi connectivity index (χ0) is 18.0. The molecule has 4 rings (SSSR count). The van der Waals surface area contributed by atoms with Crippen LogP contribution >= 0.6 is 0 Å². The Morgan fingerprint density at radius 1 is 1.23 bits per heavy atom. The van der Waals surface area contributed by atoms with Crippen LogP contribution in [0.3, 0.4) is 0 Å². The number of hydrogen-bond donors (Lipinski definition) is 1. The lowest BCUT2D eigenvalue weighted by Crippen LogP contribution is -2.41. The molecule has 4 heteroatoms. The van der Waals surface area contributed by atoms with Gasteiger partial charge in [0, 0.05) is 32.4 Å². The molecule has 2 aliphatic rings. The molecule has 1 saturated heterocycles. The molecule has 1 aliphatic carbocycles. The van der Waals surface area contributed by atoms with Crippen LogP contribution in [-0.4, -0.2) is 35.9 Å². The summed E-state index contributed by atoms with van der Waals surface area (Å²) in [6.07, 6.45) is 7.86. The van der Waals surface area contributed by atoms with Crippen LogP contribution in [0.25, 0.3) is 0 Å². The Hall–Kier alpha value is -2.20. The van der Waals surface area contributed by atoms with Crippen molar-refractivity contribution in [3.05, 3.63) is 65.5 Å². The molecular weight excluding hydrogens is 322 g/mol. The van der Waals surface area contributed by atoms with Crippen molar-refractivity contribution in [2.75, 3.05) is 20.1 Å². The maximum absolute atomic E-state index is 12.0. The minimum Gasteiger partial charge on any atom is -0.359 e. The van der Waals surface area contributed by atoms with Crippen LogP contribution in [0.2, 0.25) is 0 Å². The van der Waals surface area contributed by atoms with Crippen LogP contribution in [0, 0.1) is 0 Å². The number of likely N-dealkylation sites (tertiary alicyclic amines) is 1. The van der Waals surface area contributed by atoms with Crippen LogP contribution in [0.4, 0.5) is 0 Å². The maximum Gasteiger partial charge on any atom is 0.220 e. The highest BCUT2D eigenvalue weighted by atomic mass is 16.1. The number of carbonyl (C=O) groups excluding carboxylic acids is 1. The second-order valence-corrected chi connectivity index (χ2v) is 7.78. The van der Waals surface area contributed by atoms with Crippen molar-refractivity contribution < 1.29 is 4.79 Å². The molecule has 1 aliphatic heterocycles. The van der Waals surface area contributed by atoms with Gasteiger partial charge in [0.25, 0.3) is 0 Å². The van der Waals surface area contributed by atoms with Gasteiger partial charge < -0.3 is 5.32 Å². The predicted octanol–water partition coefficient (Wildman–Crippen LogP) is 3.24. The first-order chi connectivity index (χ1) is 12.7. The number of piperidine rings is 1. The molecule has 1 aromatic heterocycles. The molecule has 1 aromatic carbocycles. The second kappa shape index (κ2) is 7.20. The second-order valence-electron chi connectivity index (χ2n) is 7.78. The number of rotatable bonds is 4. The summed E-state index contributed by atoms with van der Waals surface area (Å²) in [4.78, 5) is 18.7. The number of amides is 1. The zero-order valence-corrected chi connectivity index (χ0v) is 15.4. The molecule has 2 heterocycles. The summed E-state index contributed by atoms with van der Waals surface area (Å²) in [5, 5.41) is 2.80. The molecule has 136 valence electrons. The van der Waals surface area contributed by atoms with E-state index in [4.69, 9.17) is 0 Å². The van der Waals surface area contributed by atoms with Gasteiger partial charge in [-0.15, -0.1) is 0 Å². The number of hydrogen-bond acceptors (Lipinski definition) is 3. The fourth-order valence-electron chi connectivity index (χ4n) is 4.90. The lowest BCUT2D eigenvalue weighted by atomic mass is 9.73. The molecule has 1 amide bonds. The van der Waals surface area contributed by atoms with Crippen molar-refractivity contribution in [2.45, 2.75) is 43.6 Å². The SMILES string of the molecule is CNC(=O)C[C@H]1CC2(CCN(Cc3cccnc3)CC2)c2ccccc21. The van der Waals surface area contributed by atoms with Gasteiger partial charge in [-0.3, -0.25) is 14.7 Å². The first-order valence-electron chi connectivity index (χ1n) is 9.61. The van der Waals surface area contributed by atoms with Gasteiger partial charge in [-0.25, -0.2) is 0 Å². The molecule has 0 bridgehead atoms. The third kappa shape index (κ3) is 3.26. The minimum atomic E-state index is 0.149. The standard InChI is InChI=1S/C22H27N3O/c1-23-21(26)13-18-14-22(20-7-3-2-6-19(18)20)8-11-25(12-9-22)16-17-5-4-10-24-15-17/h2-7,10,15,18H,8-9,11-14,16H2,1H3,(H,23,26)/t18-/m0/s1. The normalized spacial score (nSPS) is 21.5. The van der Waals surface area contributed by atoms with E-state index in [1.807, 2.05) is 18.5 Å². The van der Waals surface area contributed by atoms with E-state index in [1.165, 1.54) is 29.5 Å². The largest absolute Gasteiger partial charge is 0.359 e. The van der Waals surface area contributed by atoms with Gasteiger partial charge in [0.05, 0.1) is 0 Å². The van der Waals surface area contributed by atoms with Gasteiger partial charge in [-0.2, -0.15) is 0 Å². The Bertz CT molecular complexity index is 766. The third-order valence-corrected chi connectivity index (χ3v) is 6.26. The molecule has 1 N–H and O–H groups in total. The van der Waals surface area contributed by atoms with Crippen molar-refractivity contribution in [2.24, 2.45) is 0 Å². The van der Waals surface area contributed by atoms with Gasteiger partial charge in [0.1, 0.15) is 0 Å². The van der Waals surface area contributed by atoms with Crippen molar-refractivity contribution in [1.82, 2.24) is 15.2 Å². The zero-order valence-electron chi connectivity index (χ0n) is 15.4. The Balaban J connectivity index is 1.48. The lowest BCUT2D eigenvalue weighted by molar-refractivity contribution is -0.121. The summed E-state index contributed by atoms with van der Waals surface area (Å²) >= 11 is 0. The first kappa shape index (κ1) is 17.2. The summed E-state index contributed by atoms with van der Waals surface area (Å²) in [5.41, 5.74) is 4.43. The molecule has 0 unspecified atom stereocenters. The molecule has 1 atom stereocenters. The molecule has 26 heavy (non-hydrogen) atoms. The van der Waals surface area contributed by atoms with Crippen LogP contribution < -0.4 is 5.32 Å². The average molecular weight is 349 g/mol. The van der Waals surface area contributed by atoms with Gasteiger partial charge in [-0.05, 0) is 66.4 Å². The van der Waals surface area contributed by atoms with Gasteiger partial charge in [0.2, 0.25) is 5.91 Å². The van der Waals surface area contributed by atoms with Crippen molar-refractivity contribution in [1.29, 1.82) is 0 Å². The summed E-state index contributed by atoms with van der Waals surface area (Å²) < 4.78 is 0. The average Bonchev–Trinajstić information content (AvgIpc) is 2.98. The first-order valence-corrected chi connectivity index (χ1v) is 9.61. The van der Waals surface area contributed by atoms with E-state index in [2.05, 4.69) is 45.5 Å². The molecule has 0 saturated carbocycles. The van der Waals surface area contributed by atoms with Crippen molar-refractivity contribution >= 4 is 5.91 Å². The van der Waals surface area contributed by atoms with E-state index < -0.39 is 0 Å². The quantitative estimate of drug-likeness (QED) is 0.922. The number of nitrogens with zero attached hydrogens (tertiary/aromatic N) is 2. The number of benzene rings is 1. The Morgan fingerprint density at radius 3 is 2.77 bits per heavy atom. The molecular formula is C22H27N3O. The van der Waals surface area contributed by atoms with Crippen molar-refractivity contribution in [3.63, 3.8) is 0 Å². The molecule has 0 radical (unpaired) electrons. The van der Waals surface area contributed by atoms with E-state index in [9.17, 15) is 4.79 Å². The molecule has 1 spiro atoms. The highest BCUT2D eigenvalue weighted by Crippen LogP contribution is 2.52. The number of nitrogens with one attached hydrogen (secondary N) is 1. The highest BCUT2D eigenvalue weighted by Gasteiger charge is 2.45. The minimum absolute atomic E-state index is 0.149. The van der Waals surface area contributed by atoms with E-state index in [0.717, 1.165) is 26.1 Å². The number of fused-ring (bicyclic) bond motifs is 2. The van der Waals surface area contributed by atoms with Gasteiger partial charge in [-0.1, -0.05) is 30.3 Å². The van der Waals surface area contributed by atoms with E-state index in [0.29, 0.717) is 12.3 Å². The van der Waals surface area contributed by atoms with E-state index in [1.54, 1.807) is 7.05 Å². The summed E-state index contributed by atoms with van der Waals surface area (Å²) in [6.45, 7) is 3.19. The fourth-order valence-corrected chi connectivity index (χ4v) is 4.90. The van der Waals surface area contributed by atoms with E-state index >= 15 is 0 Å². The summed E-state index contributed by atoms with van der Waals surface area (Å²) in [6, 6.07) is 13.0. The fraction of sp³-hybridized carbons (Fsp3) is 0.455. The van der Waals surface area contributed by atoms with Crippen LogP contribution in [0.15, 0.2) is 48.8 Å². The van der Waals surface area contributed by atoms with Crippen LogP contribution in [0.5, 0.6) is 0 Å². The highest BCUT2D eigenvalue weighted by molar-refractivity contribution is 5.77. The Morgan fingerprint density at radius 2 is 2.04 bits per heavy atom. The predicted molar refractivity (Wildman–Crippen MR) is 103 cm³/mol. The summed E-state index contributed by atoms with van der Waals surface area (Å²) in [7, 11) is 1.73. The monoisotopic (exact) mass is 349 g/mol.